The second-order valence-corrected chi connectivity index (χ2v) is 25.4. The number of benzene rings is 7. The molecule has 1 aromatic heterocycles. The topological polar surface area (TPSA) is 6.48 Å². The van der Waals surface area contributed by atoms with Gasteiger partial charge in [0.15, 0.2) is 0 Å². The minimum atomic E-state index is 0.0520. The molecule has 1 saturated carbocycles. The van der Waals surface area contributed by atoms with E-state index in [-0.39, 0.29) is 28.4 Å². The Bertz CT molecular complexity index is 3470. The lowest BCUT2D eigenvalue weighted by Gasteiger charge is -2.50. The molecular weight excluding hydrogens is 876 g/mol. The fraction of sp³-hybridized carbons (Fsp3) is 0.284. The highest BCUT2D eigenvalue weighted by Gasteiger charge is 2.51. The van der Waals surface area contributed by atoms with Crippen LogP contribution in [0.5, 0.6) is 0 Å². The third kappa shape index (κ3) is 6.94. The molecule has 352 valence electrons. The van der Waals surface area contributed by atoms with Gasteiger partial charge in [-0.25, -0.2) is 0 Å². The molecule has 0 N–H and O–H groups in total. The first kappa shape index (κ1) is 44.6. The fourth-order valence-electron chi connectivity index (χ4n) is 13.6. The van der Waals surface area contributed by atoms with E-state index in [0.29, 0.717) is 5.92 Å². The molecule has 1 fully saturated rings. The van der Waals surface area contributed by atoms with Gasteiger partial charge in [0, 0.05) is 38.0 Å². The molecule has 0 bridgehead atoms. The maximum atomic E-state index is 2.77. The van der Waals surface area contributed by atoms with Crippen LogP contribution in [-0.4, -0.2) is 6.71 Å². The Morgan fingerprint density at radius 1 is 0.507 bits per heavy atom. The molecule has 2 aliphatic heterocycles. The second-order valence-electron chi connectivity index (χ2n) is 24.3. The molecule has 3 heterocycles. The zero-order valence-corrected chi connectivity index (χ0v) is 43.9. The van der Waals surface area contributed by atoms with E-state index in [0.717, 1.165) is 6.42 Å². The molecule has 71 heavy (non-hydrogen) atoms. The van der Waals surface area contributed by atoms with Crippen LogP contribution in [-0.2, 0) is 17.3 Å². The number of rotatable bonds is 5. The average Bonchev–Trinajstić information content (AvgIpc) is 3.75. The summed E-state index contributed by atoms with van der Waals surface area (Å²) in [4.78, 5) is 6.89. The number of fused-ring (bicyclic) bond motifs is 8. The summed E-state index contributed by atoms with van der Waals surface area (Å²) in [5.74, 6) is 0.473. The summed E-state index contributed by atoms with van der Waals surface area (Å²) in [5, 5.41) is 0. The maximum absolute atomic E-state index is 2.77. The number of allylic oxidation sites excluding steroid dienone is 1. The van der Waals surface area contributed by atoms with Crippen molar-refractivity contribution >= 4 is 74.0 Å². The second kappa shape index (κ2) is 15.8. The molecule has 13 rings (SSSR count). The van der Waals surface area contributed by atoms with Crippen molar-refractivity contribution in [3.05, 3.63) is 190 Å². The van der Waals surface area contributed by atoms with Gasteiger partial charge in [0.2, 0.25) is 0 Å². The SMILES string of the molecule is Cc1cc2c3c(c1)N(c1cc(-c4ccccc4)ccc1-c1ccccc1)c1c(sc4c1CC1C(=C4)C(C)(C)CCC1(C)C)B3c1cc3c(cc1N2c1ccc(-c2ccccc2)cc1)C(C)(C)CCC3(C)C. The summed E-state index contributed by atoms with van der Waals surface area (Å²) in [6, 6.07) is 60.0. The van der Waals surface area contributed by atoms with Crippen LogP contribution in [0.3, 0.4) is 0 Å². The van der Waals surface area contributed by atoms with Gasteiger partial charge in [0.05, 0.1) is 11.4 Å². The minimum Gasteiger partial charge on any atom is -0.311 e. The smallest absolute Gasteiger partial charge is 0.264 e. The molecule has 0 saturated heterocycles. The lowest BCUT2D eigenvalue weighted by Crippen LogP contribution is -2.61. The van der Waals surface area contributed by atoms with E-state index in [2.05, 4.69) is 247 Å². The van der Waals surface area contributed by atoms with Gasteiger partial charge in [-0.1, -0.05) is 182 Å². The van der Waals surface area contributed by atoms with E-state index in [1.807, 2.05) is 0 Å². The number of thiophene rings is 1. The van der Waals surface area contributed by atoms with Crippen LogP contribution < -0.4 is 25.5 Å². The molecule has 4 heteroatoms. The van der Waals surface area contributed by atoms with E-state index in [1.165, 1.54) is 136 Å². The minimum absolute atomic E-state index is 0.0520. The van der Waals surface area contributed by atoms with Crippen molar-refractivity contribution in [2.24, 2.45) is 16.7 Å². The highest BCUT2D eigenvalue weighted by atomic mass is 32.1. The third-order valence-corrected chi connectivity index (χ3v) is 19.2. The first-order valence-electron chi connectivity index (χ1n) is 26.3. The van der Waals surface area contributed by atoms with Crippen LogP contribution in [0.4, 0.5) is 34.1 Å². The Labute approximate surface area is 427 Å². The number of hydrogen-bond acceptors (Lipinski definition) is 3. The largest absolute Gasteiger partial charge is 0.311 e. The van der Waals surface area contributed by atoms with E-state index < -0.39 is 0 Å². The van der Waals surface area contributed by atoms with Gasteiger partial charge in [-0.15, -0.1) is 11.3 Å². The number of hydrogen-bond donors (Lipinski definition) is 0. The lowest BCUT2D eigenvalue weighted by atomic mass is 9.35. The van der Waals surface area contributed by atoms with Crippen molar-refractivity contribution in [1.82, 2.24) is 0 Å². The number of aryl methyl sites for hydroxylation is 1. The predicted molar refractivity (Wildman–Crippen MR) is 307 cm³/mol. The Morgan fingerprint density at radius 2 is 1.06 bits per heavy atom. The maximum Gasteiger partial charge on any atom is 0.264 e. The monoisotopic (exact) mass is 940 g/mol. The van der Waals surface area contributed by atoms with Crippen LogP contribution >= 0.6 is 11.3 Å². The molecular formula is C67H65BN2S. The van der Waals surface area contributed by atoms with Crippen molar-refractivity contribution < 1.29 is 0 Å². The summed E-state index contributed by atoms with van der Waals surface area (Å²) >= 11 is 2.10. The molecule has 0 amide bonds. The first-order chi connectivity index (χ1) is 34.1. The van der Waals surface area contributed by atoms with Crippen molar-refractivity contribution in [3.8, 4) is 33.4 Å². The molecule has 2 nitrogen and oxygen atoms in total. The lowest BCUT2D eigenvalue weighted by molar-refractivity contribution is 0.123. The molecule has 3 aliphatic carbocycles. The van der Waals surface area contributed by atoms with Gasteiger partial charge in [-0.3, -0.25) is 0 Å². The molecule has 8 aromatic rings. The molecule has 1 atom stereocenters. The number of nitrogens with zero attached hydrogens (tertiary/aromatic N) is 2. The molecule has 0 radical (unpaired) electrons. The van der Waals surface area contributed by atoms with E-state index >= 15 is 0 Å². The fourth-order valence-corrected chi connectivity index (χ4v) is 15.0. The summed E-state index contributed by atoms with van der Waals surface area (Å²) in [7, 11) is 0. The van der Waals surface area contributed by atoms with Crippen LogP contribution in [0.15, 0.2) is 163 Å². The zero-order valence-electron chi connectivity index (χ0n) is 43.1. The Balaban J connectivity index is 1.14. The van der Waals surface area contributed by atoms with Gasteiger partial charge in [0.1, 0.15) is 0 Å². The van der Waals surface area contributed by atoms with Crippen molar-refractivity contribution in [1.29, 1.82) is 0 Å². The van der Waals surface area contributed by atoms with Crippen molar-refractivity contribution in [2.45, 2.75) is 105 Å². The van der Waals surface area contributed by atoms with Gasteiger partial charge in [0.25, 0.3) is 6.71 Å². The zero-order chi connectivity index (χ0) is 48.8. The molecule has 5 aliphatic rings. The molecule has 1 unspecified atom stereocenters. The van der Waals surface area contributed by atoms with Crippen LogP contribution in [0.25, 0.3) is 39.5 Å². The van der Waals surface area contributed by atoms with E-state index in [1.54, 1.807) is 5.57 Å². The average molecular weight is 941 g/mol. The van der Waals surface area contributed by atoms with E-state index in [9.17, 15) is 0 Å². The normalized spacial score (nSPS) is 19.4. The van der Waals surface area contributed by atoms with Gasteiger partial charge in [-0.2, -0.15) is 0 Å². The third-order valence-electron chi connectivity index (χ3n) is 18.0. The highest BCUT2D eigenvalue weighted by Crippen LogP contribution is 2.59. The van der Waals surface area contributed by atoms with Gasteiger partial charge in [-0.05, 0) is 170 Å². The summed E-state index contributed by atoms with van der Waals surface area (Å²) in [6.07, 6.45) is 8.57. The first-order valence-corrected chi connectivity index (χ1v) is 27.1. The van der Waals surface area contributed by atoms with Crippen LogP contribution in [0.2, 0.25) is 0 Å². The Morgan fingerprint density at radius 3 is 1.70 bits per heavy atom. The Kier molecular flexibility index (Phi) is 9.93. The van der Waals surface area contributed by atoms with Gasteiger partial charge >= 0.3 is 0 Å². The molecule has 0 spiro atoms. The summed E-state index contributed by atoms with van der Waals surface area (Å²) in [6.45, 7) is 22.5. The van der Waals surface area contributed by atoms with Crippen LogP contribution in [0.1, 0.15) is 108 Å². The standard InChI is InChI=1S/C67H65BN2S/c1-42-35-58-61-59(36-42)70(56-37-47(44-21-15-11-16-22-44)27-30-49(56)46-23-17-12-18-24-46)62-50-38-51-54(67(8,9)34-31-64(51,2)3)41-60(50)71-63(62)68(61)55-39-52-53(66(6,7)33-32-65(52,4)5)40-57(55)69(58)48-28-25-45(26-29-48)43-19-13-10-14-20-43/h10-30,35-37,39-41,51H,31-34,38H2,1-9H3. The molecule has 7 aromatic carbocycles. The van der Waals surface area contributed by atoms with Crippen molar-refractivity contribution in [2.75, 3.05) is 9.80 Å². The van der Waals surface area contributed by atoms with Crippen LogP contribution in [0, 0.1) is 23.7 Å². The van der Waals surface area contributed by atoms with Crippen molar-refractivity contribution in [3.63, 3.8) is 0 Å². The van der Waals surface area contributed by atoms with Gasteiger partial charge < -0.3 is 9.80 Å². The Hall–Kier alpha value is -6.36. The quantitative estimate of drug-likeness (QED) is 0.159. The summed E-state index contributed by atoms with van der Waals surface area (Å²) in [5.41, 5.74) is 26.0. The number of anilines is 6. The highest BCUT2D eigenvalue weighted by molar-refractivity contribution is 7.29. The predicted octanol–water partition coefficient (Wildman–Crippen LogP) is 16.9. The summed E-state index contributed by atoms with van der Waals surface area (Å²) < 4.78 is 1.48. The van der Waals surface area contributed by atoms with E-state index in [4.69, 9.17) is 0 Å².